The maximum absolute atomic E-state index is 11.9. The molecule has 0 radical (unpaired) electrons. The molecule has 4 heteroatoms. The summed E-state index contributed by atoms with van der Waals surface area (Å²) in [4.78, 5) is 15.9. The Kier molecular flexibility index (Phi) is 3.65. The summed E-state index contributed by atoms with van der Waals surface area (Å²) >= 11 is 0. The monoisotopic (exact) mass is 221 g/mol. The van der Waals surface area contributed by atoms with Gasteiger partial charge in [-0.05, 0) is 38.8 Å². The number of aryl methyl sites for hydroxylation is 1. The van der Waals surface area contributed by atoms with Gasteiger partial charge in [-0.15, -0.1) is 0 Å². The van der Waals surface area contributed by atoms with Gasteiger partial charge in [-0.1, -0.05) is 0 Å². The number of carbonyl (C=O) groups excluding carboxylic acids is 1. The lowest BCUT2D eigenvalue weighted by molar-refractivity contribution is 0.0973. The van der Waals surface area contributed by atoms with Crippen molar-refractivity contribution in [1.82, 2.24) is 4.98 Å². The second kappa shape index (κ2) is 4.61. The molecule has 88 valence electrons. The SMILES string of the molecule is Cc1cnc(N)c(C(=O)CCC(C)(C)N)c1. The predicted octanol–water partition coefficient (Wildman–Crippen LogP) is 1.67. The van der Waals surface area contributed by atoms with Crippen LogP contribution < -0.4 is 11.5 Å². The molecule has 0 spiro atoms. The van der Waals surface area contributed by atoms with Crippen molar-refractivity contribution in [3.8, 4) is 0 Å². The maximum atomic E-state index is 11.9. The third-order valence-corrected chi connectivity index (χ3v) is 2.35. The smallest absolute Gasteiger partial charge is 0.166 e. The lowest BCUT2D eigenvalue weighted by atomic mass is 9.96. The van der Waals surface area contributed by atoms with Crippen LogP contribution >= 0.6 is 0 Å². The third-order valence-electron chi connectivity index (χ3n) is 2.35. The zero-order chi connectivity index (χ0) is 12.3. The summed E-state index contributed by atoms with van der Waals surface area (Å²) in [5.41, 5.74) is 12.6. The molecule has 0 aliphatic rings. The van der Waals surface area contributed by atoms with E-state index in [2.05, 4.69) is 4.98 Å². The van der Waals surface area contributed by atoms with Gasteiger partial charge in [0.05, 0.1) is 5.56 Å². The minimum Gasteiger partial charge on any atom is -0.383 e. The van der Waals surface area contributed by atoms with Crippen LogP contribution in [0.2, 0.25) is 0 Å². The fourth-order valence-electron chi connectivity index (χ4n) is 1.37. The number of rotatable bonds is 4. The molecule has 16 heavy (non-hydrogen) atoms. The summed E-state index contributed by atoms with van der Waals surface area (Å²) in [6.45, 7) is 5.69. The second-order valence-electron chi connectivity index (χ2n) is 4.86. The van der Waals surface area contributed by atoms with Gasteiger partial charge < -0.3 is 11.5 Å². The Labute approximate surface area is 96.0 Å². The first kappa shape index (κ1) is 12.6. The molecule has 1 heterocycles. The van der Waals surface area contributed by atoms with Crippen molar-refractivity contribution in [1.29, 1.82) is 0 Å². The summed E-state index contributed by atoms with van der Waals surface area (Å²) in [5.74, 6) is 0.303. The number of hydrogen-bond acceptors (Lipinski definition) is 4. The Balaban J connectivity index is 2.77. The predicted molar refractivity (Wildman–Crippen MR) is 65.2 cm³/mol. The van der Waals surface area contributed by atoms with E-state index in [-0.39, 0.29) is 11.3 Å². The average Bonchev–Trinajstić information content (AvgIpc) is 2.17. The van der Waals surface area contributed by atoms with Gasteiger partial charge in [0.25, 0.3) is 0 Å². The minimum atomic E-state index is -0.332. The van der Waals surface area contributed by atoms with Crippen molar-refractivity contribution < 1.29 is 4.79 Å². The summed E-state index contributed by atoms with van der Waals surface area (Å²) in [5, 5.41) is 0. The maximum Gasteiger partial charge on any atom is 0.166 e. The number of nitrogens with two attached hydrogens (primary N) is 2. The number of nitrogens with zero attached hydrogens (tertiary/aromatic N) is 1. The van der Waals surface area contributed by atoms with E-state index in [0.717, 1.165) is 5.56 Å². The Morgan fingerprint density at radius 1 is 1.50 bits per heavy atom. The largest absolute Gasteiger partial charge is 0.383 e. The van der Waals surface area contributed by atoms with Crippen LogP contribution in [-0.4, -0.2) is 16.3 Å². The van der Waals surface area contributed by atoms with Crippen molar-refractivity contribution >= 4 is 11.6 Å². The van der Waals surface area contributed by atoms with Crippen LogP contribution in [0.15, 0.2) is 12.3 Å². The Bertz CT molecular complexity index is 394. The molecule has 4 N–H and O–H groups in total. The molecule has 4 nitrogen and oxygen atoms in total. The fraction of sp³-hybridized carbons (Fsp3) is 0.500. The lowest BCUT2D eigenvalue weighted by Crippen LogP contribution is -2.32. The van der Waals surface area contributed by atoms with E-state index < -0.39 is 0 Å². The van der Waals surface area contributed by atoms with E-state index in [0.29, 0.717) is 24.2 Å². The highest BCUT2D eigenvalue weighted by atomic mass is 16.1. The third kappa shape index (κ3) is 3.62. The van der Waals surface area contributed by atoms with Gasteiger partial charge in [0.15, 0.2) is 5.78 Å². The molecule has 0 fully saturated rings. The van der Waals surface area contributed by atoms with Crippen molar-refractivity contribution in [2.45, 2.75) is 39.2 Å². The second-order valence-corrected chi connectivity index (χ2v) is 4.86. The van der Waals surface area contributed by atoms with E-state index in [1.54, 1.807) is 12.3 Å². The summed E-state index contributed by atoms with van der Waals surface area (Å²) in [6, 6.07) is 1.77. The summed E-state index contributed by atoms with van der Waals surface area (Å²) < 4.78 is 0. The van der Waals surface area contributed by atoms with Crippen LogP contribution in [0.3, 0.4) is 0 Å². The standard InChI is InChI=1S/C12H19N3O/c1-8-6-9(11(13)15-7-8)10(16)4-5-12(2,3)14/h6-7H,4-5,14H2,1-3H3,(H2,13,15). The number of nitrogen functional groups attached to an aromatic ring is 1. The highest BCUT2D eigenvalue weighted by Crippen LogP contribution is 2.16. The first-order valence-electron chi connectivity index (χ1n) is 5.34. The van der Waals surface area contributed by atoms with Gasteiger partial charge in [-0.2, -0.15) is 0 Å². The van der Waals surface area contributed by atoms with Crippen LogP contribution in [0.1, 0.15) is 42.6 Å². The number of anilines is 1. The molecule has 0 unspecified atom stereocenters. The quantitative estimate of drug-likeness (QED) is 0.758. The number of ketones is 1. The first-order valence-corrected chi connectivity index (χ1v) is 5.34. The molecule has 0 saturated carbocycles. The molecule has 1 aromatic rings. The van der Waals surface area contributed by atoms with Gasteiger partial charge in [0, 0.05) is 18.2 Å². The Hall–Kier alpha value is -1.42. The topological polar surface area (TPSA) is 82.0 Å². The molecule has 0 aliphatic carbocycles. The molecule has 0 bridgehead atoms. The van der Waals surface area contributed by atoms with E-state index in [4.69, 9.17) is 11.5 Å². The van der Waals surface area contributed by atoms with Gasteiger partial charge in [-0.25, -0.2) is 4.98 Å². The molecule has 0 saturated heterocycles. The summed E-state index contributed by atoms with van der Waals surface area (Å²) in [7, 11) is 0. The normalized spacial score (nSPS) is 11.5. The molecular formula is C12H19N3O. The van der Waals surface area contributed by atoms with Crippen LogP contribution in [0, 0.1) is 6.92 Å². The van der Waals surface area contributed by atoms with E-state index in [1.807, 2.05) is 20.8 Å². The van der Waals surface area contributed by atoms with Crippen molar-refractivity contribution in [3.63, 3.8) is 0 Å². The van der Waals surface area contributed by atoms with E-state index in [9.17, 15) is 4.79 Å². The van der Waals surface area contributed by atoms with Gasteiger partial charge in [0.2, 0.25) is 0 Å². The zero-order valence-electron chi connectivity index (χ0n) is 10.1. The Morgan fingerprint density at radius 2 is 2.12 bits per heavy atom. The Morgan fingerprint density at radius 3 is 2.69 bits per heavy atom. The molecule has 0 atom stereocenters. The summed E-state index contributed by atoms with van der Waals surface area (Å²) in [6.07, 6.45) is 2.69. The number of Topliss-reactive ketones (excluding diaryl/α,β-unsaturated/α-hetero) is 1. The van der Waals surface area contributed by atoms with Crippen LogP contribution in [0.25, 0.3) is 0 Å². The number of hydrogen-bond donors (Lipinski definition) is 2. The highest BCUT2D eigenvalue weighted by Gasteiger charge is 2.16. The highest BCUT2D eigenvalue weighted by molar-refractivity contribution is 6.00. The van der Waals surface area contributed by atoms with Gasteiger partial charge in [-0.3, -0.25) is 4.79 Å². The minimum absolute atomic E-state index is 0.00669. The van der Waals surface area contributed by atoms with Crippen LogP contribution in [0.5, 0.6) is 0 Å². The number of aromatic nitrogens is 1. The average molecular weight is 221 g/mol. The number of pyridine rings is 1. The first-order chi connectivity index (χ1) is 7.29. The van der Waals surface area contributed by atoms with Gasteiger partial charge in [0.1, 0.15) is 5.82 Å². The van der Waals surface area contributed by atoms with Crippen LogP contribution in [0.4, 0.5) is 5.82 Å². The number of carbonyl (C=O) groups is 1. The lowest BCUT2D eigenvalue weighted by Gasteiger charge is -2.17. The van der Waals surface area contributed by atoms with E-state index >= 15 is 0 Å². The molecule has 0 aliphatic heterocycles. The van der Waals surface area contributed by atoms with Crippen molar-refractivity contribution in [2.75, 3.05) is 5.73 Å². The zero-order valence-corrected chi connectivity index (χ0v) is 10.1. The van der Waals surface area contributed by atoms with E-state index in [1.165, 1.54) is 0 Å². The molecule has 0 aromatic carbocycles. The molecule has 0 amide bonds. The fourth-order valence-corrected chi connectivity index (χ4v) is 1.37. The molecule has 1 aromatic heterocycles. The van der Waals surface area contributed by atoms with Gasteiger partial charge >= 0.3 is 0 Å². The van der Waals surface area contributed by atoms with Crippen molar-refractivity contribution in [3.05, 3.63) is 23.4 Å². The van der Waals surface area contributed by atoms with Crippen molar-refractivity contribution in [2.24, 2.45) is 5.73 Å². The molecule has 1 rings (SSSR count). The van der Waals surface area contributed by atoms with Crippen LogP contribution in [-0.2, 0) is 0 Å². The molecular weight excluding hydrogens is 202 g/mol.